The molecule has 0 amide bonds. The van der Waals surface area contributed by atoms with Crippen LogP contribution in [0.4, 0.5) is 0 Å². The van der Waals surface area contributed by atoms with Gasteiger partial charge in [0, 0.05) is 26.2 Å². The Morgan fingerprint density at radius 3 is 1.27 bits per heavy atom. The van der Waals surface area contributed by atoms with Crippen molar-refractivity contribution in [1.82, 2.24) is 9.80 Å². The highest BCUT2D eigenvalue weighted by molar-refractivity contribution is 5.57. The first-order chi connectivity index (χ1) is 18.3. The molecule has 0 saturated carbocycles. The lowest BCUT2D eigenvalue weighted by Crippen LogP contribution is -2.35. The molecule has 0 aliphatic carbocycles. The number of benzene rings is 4. The molecule has 0 N–H and O–H groups in total. The van der Waals surface area contributed by atoms with Crippen molar-refractivity contribution < 1.29 is 4.79 Å². The van der Waals surface area contributed by atoms with Gasteiger partial charge in [-0.2, -0.15) is 0 Å². The van der Waals surface area contributed by atoms with Crippen molar-refractivity contribution >= 4 is 6.29 Å². The second-order valence-electron chi connectivity index (χ2n) is 9.76. The standard InChI is InChI=1S/C34H38N2O/c37-29-34(36(27-32-19-9-3-10-20-32)28-33-21-11-4-12-22-33)23-13-14-24-35(25-30-15-5-1-6-16-30)26-31-17-7-2-8-18-31/h1-12,15-22,29,34H,13-14,23-28H2/t34-/m1/s1. The molecule has 0 unspecified atom stereocenters. The Hall–Kier alpha value is -3.53. The van der Waals surface area contributed by atoms with Crippen molar-refractivity contribution in [1.29, 1.82) is 0 Å². The fourth-order valence-electron chi connectivity index (χ4n) is 4.85. The molecule has 1 atom stereocenters. The average molecular weight is 491 g/mol. The van der Waals surface area contributed by atoms with Gasteiger partial charge in [0.25, 0.3) is 0 Å². The van der Waals surface area contributed by atoms with Gasteiger partial charge in [-0.3, -0.25) is 9.80 Å². The van der Waals surface area contributed by atoms with Crippen LogP contribution in [-0.4, -0.2) is 28.7 Å². The van der Waals surface area contributed by atoms with Gasteiger partial charge in [-0.05, 0) is 41.6 Å². The molecule has 0 fully saturated rings. The molecule has 190 valence electrons. The minimum atomic E-state index is -0.0999. The number of hydrogen-bond acceptors (Lipinski definition) is 3. The third-order valence-corrected chi connectivity index (χ3v) is 6.81. The van der Waals surface area contributed by atoms with Crippen molar-refractivity contribution in [3.8, 4) is 0 Å². The summed E-state index contributed by atoms with van der Waals surface area (Å²) in [5.41, 5.74) is 5.14. The van der Waals surface area contributed by atoms with Gasteiger partial charge in [-0.1, -0.05) is 128 Å². The van der Waals surface area contributed by atoms with Crippen LogP contribution in [0.15, 0.2) is 121 Å². The van der Waals surface area contributed by atoms with E-state index in [1.54, 1.807) is 0 Å². The lowest BCUT2D eigenvalue weighted by Gasteiger charge is -2.29. The van der Waals surface area contributed by atoms with Crippen molar-refractivity contribution in [2.24, 2.45) is 0 Å². The van der Waals surface area contributed by atoms with E-state index in [0.29, 0.717) is 0 Å². The van der Waals surface area contributed by atoms with Gasteiger partial charge in [-0.15, -0.1) is 0 Å². The normalized spacial score (nSPS) is 12.1. The van der Waals surface area contributed by atoms with Crippen molar-refractivity contribution in [2.45, 2.75) is 51.5 Å². The Kier molecular flexibility index (Phi) is 10.7. The summed E-state index contributed by atoms with van der Waals surface area (Å²) in [6, 6.07) is 42.2. The molecule has 4 aromatic rings. The molecule has 0 aromatic heterocycles. The summed E-state index contributed by atoms with van der Waals surface area (Å²) in [5.74, 6) is 0. The second-order valence-corrected chi connectivity index (χ2v) is 9.76. The highest BCUT2D eigenvalue weighted by Gasteiger charge is 2.19. The number of nitrogens with zero attached hydrogens (tertiary/aromatic N) is 2. The van der Waals surface area contributed by atoms with E-state index in [1.807, 2.05) is 12.1 Å². The molecule has 0 aliphatic heterocycles. The van der Waals surface area contributed by atoms with Crippen LogP contribution in [0.5, 0.6) is 0 Å². The number of unbranched alkanes of at least 4 members (excludes halogenated alkanes) is 1. The topological polar surface area (TPSA) is 23.6 Å². The summed E-state index contributed by atoms with van der Waals surface area (Å²) < 4.78 is 0. The van der Waals surface area contributed by atoms with E-state index < -0.39 is 0 Å². The van der Waals surface area contributed by atoms with E-state index in [0.717, 1.165) is 58.3 Å². The van der Waals surface area contributed by atoms with E-state index >= 15 is 0 Å². The molecule has 0 saturated heterocycles. The monoisotopic (exact) mass is 490 g/mol. The van der Waals surface area contributed by atoms with E-state index in [9.17, 15) is 4.79 Å². The van der Waals surface area contributed by atoms with Gasteiger partial charge in [0.05, 0.1) is 6.04 Å². The zero-order valence-electron chi connectivity index (χ0n) is 21.7. The van der Waals surface area contributed by atoms with Gasteiger partial charge >= 0.3 is 0 Å². The molecule has 3 heteroatoms. The first kappa shape index (κ1) is 26.5. The maximum atomic E-state index is 12.3. The van der Waals surface area contributed by atoms with E-state index in [4.69, 9.17) is 0 Å². The minimum Gasteiger partial charge on any atom is -0.302 e. The fraction of sp³-hybridized carbons (Fsp3) is 0.265. The second kappa shape index (κ2) is 14.9. The van der Waals surface area contributed by atoms with Crippen molar-refractivity contribution in [3.63, 3.8) is 0 Å². The molecular weight excluding hydrogens is 452 g/mol. The molecule has 3 nitrogen and oxygen atoms in total. The Morgan fingerprint density at radius 2 is 0.892 bits per heavy atom. The fourth-order valence-corrected chi connectivity index (χ4v) is 4.85. The summed E-state index contributed by atoms with van der Waals surface area (Å²) >= 11 is 0. The van der Waals surface area contributed by atoms with Crippen molar-refractivity contribution in [2.75, 3.05) is 6.54 Å². The number of aldehydes is 1. The van der Waals surface area contributed by atoms with E-state index in [2.05, 4.69) is 119 Å². The predicted molar refractivity (Wildman–Crippen MR) is 153 cm³/mol. The maximum absolute atomic E-state index is 12.3. The quantitative estimate of drug-likeness (QED) is 0.131. The van der Waals surface area contributed by atoms with Crippen LogP contribution < -0.4 is 0 Å². The highest BCUT2D eigenvalue weighted by Crippen LogP contribution is 2.18. The molecule has 4 aromatic carbocycles. The summed E-state index contributed by atoms with van der Waals surface area (Å²) in [7, 11) is 0. The number of rotatable bonds is 15. The van der Waals surface area contributed by atoms with Crippen LogP contribution in [0.25, 0.3) is 0 Å². The Balaban J connectivity index is 1.36. The summed E-state index contributed by atoms with van der Waals surface area (Å²) in [5, 5.41) is 0. The van der Waals surface area contributed by atoms with E-state index in [-0.39, 0.29) is 6.04 Å². The van der Waals surface area contributed by atoms with E-state index in [1.165, 1.54) is 22.3 Å². The van der Waals surface area contributed by atoms with Crippen molar-refractivity contribution in [3.05, 3.63) is 144 Å². The molecule has 4 rings (SSSR count). The van der Waals surface area contributed by atoms with Crippen LogP contribution >= 0.6 is 0 Å². The van der Waals surface area contributed by atoms with Gasteiger partial charge in [-0.25, -0.2) is 0 Å². The molecule has 0 aliphatic rings. The first-order valence-corrected chi connectivity index (χ1v) is 13.4. The number of carbonyl (C=O) groups excluding carboxylic acids is 1. The number of carbonyl (C=O) groups is 1. The third kappa shape index (κ3) is 9.13. The van der Waals surface area contributed by atoms with Gasteiger partial charge in [0.15, 0.2) is 0 Å². The Morgan fingerprint density at radius 1 is 0.514 bits per heavy atom. The zero-order valence-corrected chi connectivity index (χ0v) is 21.7. The molecule has 0 heterocycles. The minimum absolute atomic E-state index is 0.0999. The van der Waals surface area contributed by atoms with Crippen LogP contribution in [-0.2, 0) is 31.0 Å². The third-order valence-electron chi connectivity index (χ3n) is 6.81. The van der Waals surface area contributed by atoms with Gasteiger partial charge in [0.1, 0.15) is 6.29 Å². The van der Waals surface area contributed by atoms with Crippen LogP contribution in [0.3, 0.4) is 0 Å². The molecule has 37 heavy (non-hydrogen) atoms. The maximum Gasteiger partial charge on any atom is 0.137 e. The van der Waals surface area contributed by atoms with Crippen LogP contribution in [0, 0.1) is 0 Å². The SMILES string of the molecule is O=C[C@@H](CCCCN(Cc1ccccc1)Cc1ccccc1)N(Cc1ccccc1)Cc1ccccc1. The lowest BCUT2D eigenvalue weighted by molar-refractivity contribution is -0.113. The zero-order chi connectivity index (χ0) is 25.5. The molecular formula is C34H38N2O. The molecule has 0 bridgehead atoms. The predicted octanol–water partition coefficient (Wildman–Crippen LogP) is 7.13. The van der Waals surface area contributed by atoms with Crippen LogP contribution in [0.2, 0.25) is 0 Å². The molecule has 0 spiro atoms. The Labute approximate surface area is 222 Å². The average Bonchev–Trinajstić information content (AvgIpc) is 2.95. The smallest absolute Gasteiger partial charge is 0.137 e. The van der Waals surface area contributed by atoms with Gasteiger partial charge < -0.3 is 4.79 Å². The summed E-state index contributed by atoms with van der Waals surface area (Å²) in [4.78, 5) is 17.1. The lowest BCUT2D eigenvalue weighted by atomic mass is 10.1. The first-order valence-electron chi connectivity index (χ1n) is 13.4. The summed E-state index contributed by atoms with van der Waals surface area (Å²) in [6.07, 6.45) is 4.10. The van der Waals surface area contributed by atoms with Crippen LogP contribution in [0.1, 0.15) is 41.5 Å². The largest absolute Gasteiger partial charge is 0.302 e. The number of hydrogen-bond donors (Lipinski definition) is 0. The Bertz CT molecular complexity index is 1070. The highest BCUT2D eigenvalue weighted by atomic mass is 16.1. The summed E-state index contributed by atoms with van der Waals surface area (Å²) in [6.45, 7) is 4.41. The van der Waals surface area contributed by atoms with Gasteiger partial charge in [0.2, 0.25) is 0 Å². The molecule has 0 radical (unpaired) electrons.